The van der Waals surface area contributed by atoms with Crippen LogP contribution >= 0.6 is 15.9 Å². The van der Waals surface area contributed by atoms with E-state index in [4.69, 9.17) is 0 Å². The Morgan fingerprint density at radius 3 is 2.15 bits per heavy atom. The summed E-state index contributed by atoms with van der Waals surface area (Å²) in [4.78, 5) is 29.4. The van der Waals surface area contributed by atoms with Crippen molar-refractivity contribution < 1.29 is 18.0 Å². The molecule has 0 spiro atoms. The summed E-state index contributed by atoms with van der Waals surface area (Å²) in [5.41, 5.74) is 3.32. The maximum Gasteiger partial charge on any atom is 0.244 e. The van der Waals surface area contributed by atoms with Gasteiger partial charge in [-0.3, -0.25) is 13.9 Å². The van der Waals surface area contributed by atoms with Crippen LogP contribution < -0.4 is 9.62 Å². The maximum absolute atomic E-state index is 14.2. The summed E-state index contributed by atoms with van der Waals surface area (Å²) in [5.74, 6) is -0.785. The van der Waals surface area contributed by atoms with Crippen LogP contribution in [0.2, 0.25) is 0 Å². The molecule has 0 saturated heterocycles. The first-order chi connectivity index (χ1) is 18.6. The molecule has 1 N–H and O–H groups in total. The highest BCUT2D eigenvalue weighted by Gasteiger charge is 2.34. The van der Waals surface area contributed by atoms with Gasteiger partial charge in [-0.25, -0.2) is 8.42 Å². The van der Waals surface area contributed by atoms with Crippen LogP contribution in [0.3, 0.4) is 0 Å². The van der Waals surface area contributed by atoms with E-state index in [1.54, 1.807) is 6.07 Å². The number of nitrogens with one attached hydrogen (secondary N) is 1. The molecule has 2 amide bonds. The molecule has 0 heterocycles. The number of hydrogen-bond donors (Lipinski definition) is 1. The lowest BCUT2D eigenvalue weighted by Gasteiger charge is -2.35. The summed E-state index contributed by atoms with van der Waals surface area (Å²) in [7, 11) is -3.82. The highest BCUT2D eigenvalue weighted by molar-refractivity contribution is 9.10. The Kier molecular flexibility index (Phi) is 10.2. The van der Waals surface area contributed by atoms with Gasteiger partial charge in [0.2, 0.25) is 21.8 Å². The van der Waals surface area contributed by atoms with Gasteiger partial charge < -0.3 is 10.2 Å². The van der Waals surface area contributed by atoms with E-state index in [2.05, 4.69) is 21.2 Å². The lowest BCUT2D eigenvalue weighted by atomic mass is 10.0. The number of halogens is 1. The van der Waals surface area contributed by atoms with Crippen LogP contribution in [0, 0.1) is 13.8 Å². The zero-order valence-electron chi connectivity index (χ0n) is 23.9. The van der Waals surface area contributed by atoms with Gasteiger partial charge in [-0.05, 0) is 69.5 Å². The molecular formula is C31H38BrN3O4S. The van der Waals surface area contributed by atoms with Gasteiger partial charge in [-0.1, -0.05) is 76.1 Å². The van der Waals surface area contributed by atoms with Gasteiger partial charge >= 0.3 is 0 Å². The Morgan fingerprint density at radius 2 is 1.57 bits per heavy atom. The Morgan fingerprint density at radius 1 is 0.925 bits per heavy atom. The van der Waals surface area contributed by atoms with Crippen molar-refractivity contribution in [3.05, 3.63) is 99.5 Å². The molecule has 0 radical (unpaired) electrons. The van der Waals surface area contributed by atoms with Crippen LogP contribution in [0.25, 0.3) is 0 Å². The second-order valence-electron chi connectivity index (χ2n) is 11.2. The first kappa shape index (κ1) is 31.4. The lowest BCUT2D eigenvalue weighted by molar-refractivity contribution is -0.140. The minimum atomic E-state index is -3.82. The average Bonchev–Trinajstić information content (AvgIpc) is 2.84. The van der Waals surface area contributed by atoms with Crippen LogP contribution in [0.5, 0.6) is 0 Å². The Hall–Kier alpha value is -3.17. The normalized spacial score (nSPS) is 12.5. The summed E-state index contributed by atoms with van der Waals surface area (Å²) in [5, 5.41) is 3.03. The fourth-order valence-electron chi connectivity index (χ4n) is 4.52. The predicted molar refractivity (Wildman–Crippen MR) is 165 cm³/mol. The zero-order chi connectivity index (χ0) is 29.7. The molecule has 214 valence electrons. The van der Waals surface area contributed by atoms with Crippen molar-refractivity contribution in [2.75, 3.05) is 17.1 Å². The fourth-order valence-corrected chi connectivity index (χ4v) is 5.87. The van der Waals surface area contributed by atoms with Gasteiger partial charge in [0.05, 0.1) is 11.9 Å². The first-order valence-corrected chi connectivity index (χ1v) is 15.7. The summed E-state index contributed by atoms with van der Waals surface area (Å²) < 4.78 is 27.9. The summed E-state index contributed by atoms with van der Waals surface area (Å²) >= 11 is 3.49. The maximum atomic E-state index is 14.2. The molecule has 3 aromatic rings. The lowest BCUT2D eigenvalue weighted by Crippen LogP contribution is -2.56. The van der Waals surface area contributed by atoms with Crippen LogP contribution in [-0.2, 0) is 32.6 Å². The standard InChI is InChI=1S/C31H38BrN3O4S/c1-22-15-16-27(23(2)17-22)35(40(6,38)39)21-29(36)34(20-25-13-10-14-26(32)18-25)28(30(37)33-31(3,4)5)19-24-11-8-7-9-12-24/h7-18,28H,19-21H2,1-6H3,(H,33,37)/t28-/m1/s1. The molecule has 40 heavy (non-hydrogen) atoms. The topological polar surface area (TPSA) is 86.8 Å². The summed E-state index contributed by atoms with van der Waals surface area (Å²) in [6.45, 7) is 9.08. The van der Waals surface area contributed by atoms with E-state index in [-0.39, 0.29) is 18.9 Å². The van der Waals surface area contributed by atoms with Gasteiger partial charge in [-0.15, -0.1) is 0 Å². The van der Waals surface area contributed by atoms with Crippen molar-refractivity contribution >= 4 is 43.5 Å². The van der Waals surface area contributed by atoms with Crippen molar-refractivity contribution in [1.82, 2.24) is 10.2 Å². The quantitative estimate of drug-likeness (QED) is 0.327. The van der Waals surface area contributed by atoms with Gasteiger partial charge in [0, 0.05) is 23.0 Å². The minimum absolute atomic E-state index is 0.123. The molecule has 0 fully saturated rings. The third-order valence-electron chi connectivity index (χ3n) is 6.31. The molecule has 0 aliphatic rings. The van der Waals surface area contributed by atoms with Crippen molar-refractivity contribution in [1.29, 1.82) is 0 Å². The van der Waals surface area contributed by atoms with Gasteiger partial charge in [0.15, 0.2) is 0 Å². The van der Waals surface area contributed by atoms with Crippen LogP contribution in [-0.4, -0.2) is 49.5 Å². The Balaban J connectivity index is 2.09. The Labute approximate surface area is 246 Å². The molecule has 3 rings (SSSR count). The molecule has 3 aromatic carbocycles. The number of anilines is 1. The highest BCUT2D eigenvalue weighted by atomic mass is 79.9. The number of carbonyl (C=O) groups excluding carboxylic acids is 2. The van der Waals surface area contributed by atoms with Crippen molar-refractivity contribution in [3.63, 3.8) is 0 Å². The number of carbonyl (C=O) groups is 2. The van der Waals surface area contributed by atoms with Crippen LogP contribution in [0.15, 0.2) is 77.3 Å². The van der Waals surface area contributed by atoms with E-state index < -0.39 is 34.1 Å². The molecule has 0 aliphatic carbocycles. The average molecular weight is 629 g/mol. The number of amides is 2. The van der Waals surface area contributed by atoms with E-state index in [1.165, 1.54) is 4.90 Å². The van der Waals surface area contributed by atoms with Crippen molar-refractivity contribution in [2.45, 2.75) is 59.2 Å². The van der Waals surface area contributed by atoms with Crippen molar-refractivity contribution in [3.8, 4) is 0 Å². The number of sulfonamides is 1. The SMILES string of the molecule is Cc1ccc(N(CC(=O)N(Cc2cccc(Br)c2)[C@H](Cc2ccccc2)C(=O)NC(C)(C)C)S(C)(=O)=O)c(C)c1. The molecular weight excluding hydrogens is 590 g/mol. The molecule has 0 saturated carbocycles. The first-order valence-electron chi connectivity index (χ1n) is 13.1. The summed E-state index contributed by atoms with van der Waals surface area (Å²) in [6, 6.07) is 21.5. The number of rotatable bonds is 10. The van der Waals surface area contributed by atoms with Gasteiger partial charge in [-0.2, -0.15) is 0 Å². The molecule has 0 aromatic heterocycles. The molecule has 0 unspecified atom stereocenters. The number of hydrogen-bond acceptors (Lipinski definition) is 4. The van der Waals surface area contributed by atoms with E-state index in [0.717, 1.165) is 37.3 Å². The van der Waals surface area contributed by atoms with Gasteiger partial charge in [0.1, 0.15) is 12.6 Å². The Bertz CT molecular complexity index is 1450. The molecule has 0 bridgehead atoms. The minimum Gasteiger partial charge on any atom is -0.350 e. The van der Waals surface area contributed by atoms with Crippen molar-refractivity contribution in [2.24, 2.45) is 0 Å². The van der Waals surface area contributed by atoms with E-state index >= 15 is 0 Å². The monoisotopic (exact) mass is 627 g/mol. The second kappa shape index (κ2) is 13.0. The number of benzene rings is 3. The molecule has 0 aliphatic heterocycles. The third kappa shape index (κ3) is 8.93. The molecule has 7 nitrogen and oxygen atoms in total. The predicted octanol–water partition coefficient (Wildman–Crippen LogP) is 5.39. The van der Waals surface area contributed by atoms with Crippen LogP contribution in [0.4, 0.5) is 5.69 Å². The van der Waals surface area contributed by atoms with Gasteiger partial charge in [0.25, 0.3) is 0 Å². The smallest absolute Gasteiger partial charge is 0.244 e. The second-order valence-corrected chi connectivity index (χ2v) is 14.0. The molecule has 1 atom stereocenters. The summed E-state index contributed by atoms with van der Waals surface area (Å²) in [6.07, 6.45) is 1.36. The number of nitrogens with zero attached hydrogens (tertiary/aromatic N) is 2. The number of aryl methyl sites for hydroxylation is 2. The fraction of sp³-hybridized carbons (Fsp3) is 0.355. The highest BCUT2D eigenvalue weighted by Crippen LogP contribution is 2.25. The molecule has 9 heteroatoms. The van der Waals surface area contributed by atoms with E-state index in [1.807, 2.05) is 101 Å². The largest absolute Gasteiger partial charge is 0.350 e. The third-order valence-corrected chi connectivity index (χ3v) is 7.93. The zero-order valence-corrected chi connectivity index (χ0v) is 26.3. The van der Waals surface area contributed by atoms with E-state index in [9.17, 15) is 18.0 Å². The van der Waals surface area contributed by atoms with Crippen LogP contribution in [0.1, 0.15) is 43.0 Å². The van der Waals surface area contributed by atoms with E-state index in [0.29, 0.717) is 5.69 Å².